The normalized spacial score (nSPS) is 12.7. The first kappa shape index (κ1) is 25.4. The van der Waals surface area contributed by atoms with Gasteiger partial charge < -0.3 is 10.1 Å². The molecule has 2 rings (SSSR count). The molecule has 0 radical (unpaired) electrons. The molecule has 1 N–H and O–H groups in total. The minimum absolute atomic E-state index is 0.0473. The maximum absolute atomic E-state index is 12.3. The second kappa shape index (κ2) is 14.2. The number of carbonyl (C=O) groups is 1. The predicted molar refractivity (Wildman–Crippen MR) is 134 cm³/mol. The van der Waals surface area contributed by atoms with Gasteiger partial charge in [-0.25, -0.2) is 0 Å². The summed E-state index contributed by atoms with van der Waals surface area (Å²) in [7, 11) is 1.68. The molecule has 0 aliphatic carbocycles. The lowest BCUT2D eigenvalue weighted by molar-refractivity contribution is -0.117. The Labute approximate surface area is 193 Å². The van der Waals surface area contributed by atoms with E-state index in [1.54, 1.807) is 13.2 Å². The molecule has 4 nitrogen and oxygen atoms in total. The monoisotopic (exact) mass is 434 g/mol. The van der Waals surface area contributed by atoms with Crippen LogP contribution in [0, 0.1) is 6.92 Å². The summed E-state index contributed by atoms with van der Waals surface area (Å²) in [4.78, 5) is 16.6. The Morgan fingerprint density at radius 1 is 1.16 bits per heavy atom. The molecule has 0 spiro atoms. The van der Waals surface area contributed by atoms with Gasteiger partial charge in [-0.1, -0.05) is 44.1 Å². The van der Waals surface area contributed by atoms with E-state index in [1.807, 2.05) is 36.7 Å². The van der Waals surface area contributed by atoms with E-state index in [0.29, 0.717) is 0 Å². The van der Waals surface area contributed by atoms with Gasteiger partial charge in [-0.3, -0.25) is 9.78 Å². The third-order valence-electron chi connectivity index (χ3n) is 5.67. The summed E-state index contributed by atoms with van der Waals surface area (Å²) in [6.45, 7) is 6.38. The fourth-order valence-electron chi connectivity index (χ4n) is 3.67. The van der Waals surface area contributed by atoms with Crippen molar-refractivity contribution in [2.75, 3.05) is 7.11 Å². The summed E-state index contributed by atoms with van der Waals surface area (Å²) < 4.78 is 5.27. The van der Waals surface area contributed by atoms with Gasteiger partial charge in [0.05, 0.1) is 7.11 Å². The molecule has 0 aliphatic rings. The van der Waals surface area contributed by atoms with Gasteiger partial charge in [0.15, 0.2) is 0 Å². The topological polar surface area (TPSA) is 51.2 Å². The number of aromatic nitrogens is 1. The number of amides is 1. The Kier molecular flexibility index (Phi) is 11.3. The average molecular weight is 435 g/mol. The molecular formula is C28H38N2O2. The highest BCUT2D eigenvalue weighted by Gasteiger charge is 2.06. The molecule has 1 amide bonds. The molecule has 0 fully saturated rings. The number of allylic oxidation sites excluding steroid dienone is 3. The zero-order chi connectivity index (χ0) is 23.2. The van der Waals surface area contributed by atoms with Crippen LogP contribution in [0.2, 0.25) is 0 Å². The van der Waals surface area contributed by atoms with Crippen molar-refractivity contribution < 1.29 is 9.53 Å². The summed E-state index contributed by atoms with van der Waals surface area (Å²) in [6.07, 6.45) is 16.8. The molecular weight excluding hydrogens is 396 g/mol. The van der Waals surface area contributed by atoms with Gasteiger partial charge in [-0.2, -0.15) is 0 Å². The van der Waals surface area contributed by atoms with E-state index < -0.39 is 0 Å². The van der Waals surface area contributed by atoms with Gasteiger partial charge in [0.25, 0.3) is 0 Å². The van der Waals surface area contributed by atoms with Gasteiger partial charge in [0.1, 0.15) is 5.75 Å². The van der Waals surface area contributed by atoms with E-state index in [0.717, 1.165) is 37.9 Å². The van der Waals surface area contributed by atoms with Crippen LogP contribution in [0.15, 0.2) is 61.0 Å². The van der Waals surface area contributed by atoms with Gasteiger partial charge in [-0.15, -0.1) is 0 Å². The lowest BCUT2D eigenvalue weighted by atomic mass is 9.99. The summed E-state index contributed by atoms with van der Waals surface area (Å²) >= 11 is 0. The summed E-state index contributed by atoms with van der Waals surface area (Å²) in [5.74, 6) is 0.804. The zero-order valence-corrected chi connectivity index (χ0v) is 20.1. The third kappa shape index (κ3) is 9.09. The first-order valence-electron chi connectivity index (χ1n) is 11.7. The van der Waals surface area contributed by atoms with Crippen molar-refractivity contribution in [1.82, 2.24) is 10.3 Å². The van der Waals surface area contributed by atoms with E-state index in [9.17, 15) is 4.79 Å². The fourth-order valence-corrected chi connectivity index (χ4v) is 3.67. The molecule has 0 aliphatic heterocycles. The molecule has 1 aromatic heterocycles. The lowest BCUT2D eigenvalue weighted by Gasteiger charge is -2.12. The SMILES string of the molecule is CCCCCC(=CC=CC(=O)N[C@H](C)CCCc1cnccc1C)c1ccc(OC)cc1. The Morgan fingerprint density at radius 3 is 2.62 bits per heavy atom. The van der Waals surface area contributed by atoms with E-state index in [-0.39, 0.29) is 11.9 Å². The van der Waals surface area contributed by atoms with E-state index in [2.05, 4.69) is 49.3 Å². The molecule has 0 unspecified atom stereocenters. The molecule has 32 heavy (non-hydrogen) atoms. The van der Waals surface area contributed by atoms with Crippen LogP contribution in [0.3, 0.4) is 0 Å². The Balaban J connectivity index is 1.87. The van der Waals surface area contributed by atoms with Gasteiger partial charge in [0, 0.05) is 24.5 Å². The largest absolute Gasteiger partial charge is 0.497 e. The standard InChI is InChI=1S/C28H38N2O2/c1-5-6-7-11-24(25-15-17-27(32-4)18-16-25)12-9-14-28(31)30-23(3)10-8-13-26-21-29-20-19-22(26)2/h9,12,14-21,23H,5-8,10-11,13H2,1-4H3,(H,30,31)/t23-/m1/s1. The van der Waals surface area contributed by atoms with Crippen molar-refractivity contribution in [3.8, 4) is 5.75 Å². The zero-order valence-electron chi connectivity index (χ0n) is 20.1. The Morgan fingerprint density at radius 2 is 1.94 bits per heavy atom. The first-order valence-corrected chi connectivity index (χ1v) is 11.7. The van der Waals surface area contributed by atoms with E-state index in [1.165, 1.54) is 35.1 Å². The van der Waals surface area contributed by atoms with Crippen LogP contribution in [-0.4, -0.2) is 24.0 Å². The molecule has 2 aromatic rings. The highest BCUT2D eigenvalue weighted by atomic mass is 16.5. The van der Waals surface area contributed by atoms with Crippen LogP contribution < -0.4 is 10.1 Å². The number of methoxy groups -OCH3 is 1. The van der Waals surface area contributed by atoms with Crippen LogP contribution in [0.5, 0.6) is 5.75 Å². The van der Waals surface area contributed by atoms with Crippen molar-refractivity contribution >= 4 is 11.5 Å². The summed E-state index contributed by atoms with van der Waals surface area (Å²) in [5.41, 5.74) is 4.97. The maximum atomic E-state index is 12.3. The predicted octanol–water partition coefficient (Wildman–Crippen LogP) is 6.45. The number of aryl methyl sites for hydroxylation is 2. The molecule has 1 atom stereocenters. The molecule has 0 saturated carbocycles. The molecule has 1 heterocycles. The number of benzene rings is 1. The van der Waals surface area contributed by atoms with Crippen LogP contribution in [0.1, 0.15) is 69.1 Å². The number of nitrogens with one attached hydrogen (secondary N) is 1. The number of ether oxygens (including phenoxy) is 1. The molecule has 172 valence electrons. The Hall–Kier alpha value is -2.88. The molecule has 0 saturated heterocycles. The minimum Gasteiger partial charge on any atom is -0.497 e. The highest BCUT2D eigenvalue weighted by molar-refractivity contribution is 5.88. The number of hydrogen-bond donors (Lipinski definition) is 1. The second-order valence-corrected chi connectivity index (χ2v) is 8.34. The van der Waals surface area contributed by atoms with Crippen LogP contribution >= 0.6 is 0 Å². The first-order chi connectivity index (χ1) is 15.5. The van der Waals surface area contributed by atoms with E-state index >= 15 is 0 Å². The van der Waals surface area contributed by atoms with Gasteiger partial charge >= 0.3 is 0 Å². The number of pyridine rings is 1. The minimum atomic E-state index is -0.0473. The molecule has 0 bridgehead atoms. The van der Waals surface area contributed by atoms with Crippen molar-refractivity contribution in [1.29, 1.82) is 0 Å². The highest BCUT2D eigenvalue weighted by Crippen LogP contribution is 2.23. The van der Waals surface area contributed by atoms with Crippen molar-refractivity contribution in [3.63, 3.8) is 0 Å². The molecule has 1 aromatic carbocycles. The van der Waals surface area contributed by atoms with Crippen molar-refractivity contribution in [3.05, 3.63) is 77.6 Å². The quantitative estimate of drug-likeness (QED) is 0.224. The number of rotatable bonds is 13. The summed E-state index contributed by atoms with van der Waals surface area (Å²) in [5, 5.41) is 3.07. The van der Waals surface area contributed by atoms with Crippen molar-refractivity contribution in [2.45, 2.75) is 71.8 Å². The number of nitrogens with zero attached hydrogens (tertiary/aromatic N) is 1. The number of hydrogen-bond acceptors (Lipinski definition) is 3. The van der Waals surface area contributed by atoms with Crippen LogP contribution in [0.25, 0.3) is 5.57 Å². The van der Waals surface area contributed by atoms with Crippen molar-refractivity contribution in [2.24, 2.45) is 0 Å². The Bertz CT molecular complexity index is 885. The van der Waals surface area contributed by atoms with Gasteiger partial charge in [0.2, 0.25) is 5.91 Å². The third-order valence-corrected chi connectivity index (χ3v) is 5.67. The number of unbranched alkanes of at least 4 members (excludes halogenated alkanes) is 2. The van der Waals surface area contributed by atoms with E-state index in [4.69, 9.17) is 4.74 Å². The van der Waals surface area contributed by atoms with Gasteiger partial charge in [-0.05, 0) is 86.4 Å². The van der Waals surface area contributed by atoms with Crippen LogP contribution in [-0.2, 0) is 11.2 Å². The lowest BCUT2D eigenvalue weighted by Crippen LogP contribution is -2.31. The maximum Gasteiger partial charge on any atom is 0.244 e. The summed E-state index contributed by atoms with van der Waals surface area (Å²) in [6, 6.07) is 10.3. The smallest absolute Gasteiger partial charge is 0.244 e. The number of carbonyl (C=O) groups excluding carboxylic acids is 1. The molecule has 4 heteroatoms. The average Bonchev–Trinajstić information content (AvgIpc) is 2.79. The fraction of sp³-hybridized carbons (Fsp3) is 0.429. The van der Waals surface area contributed by atoms with Crippen LogP contribution in [0.4, 0.5) is 0 Å². The second-order valence-electron chi connectivity index (χ2n) is 8.34.